The molecule has 0 spiro atoms. The number of amides is 4. The van der Waals surface area contributed by atoms with Gasteiger partial charge in [-0.15, -0.1) is 11.8 Å². The fourth-order valence-corrected chi connectivity index (χ4v) is 5.91. The zero-order valence-electron chi connectivity index (χ0n) is 24.9. The van der Waals surface area contributed by atoms with Gasteiger partial charge in [0.05, 0.1) is 28.1 Å². The second-order valence-corrected chi connectivity index (χ2v) is 11.8. The third-order valence-electron chi connectivity index (χ3n) is 6.95. The molecule has 0 bridgehead atoms. The molecule has 0 aromatic heterocycles. The number of ether oxygens (including phenoxy) is 1. The Bertz CT molecular complexity index is 1850. The van der Waals surface area contributed by atoms with Crippen LogP contribution < -0.4 is 15.5 Å². The molecule has 4 aromatic rings. The molecule has 1 unspecified atom stereocenters. The van der Waals surface area contributed by atoms with Crippen LogP contribution >= 0.6 is 23.4 Å². The normalized spacial score (nSPS) is 14.6. The molecule has 2 N–H and O–H groups in total. The highest BCUT2D eigenvalue weighted by Gasteiger charge is 2.40. The van der Waals surface area contributed by atoms with E-state index in [1.165, 1.54) is 54.2 Å². The lowest BCUT2D eigenvalue weighted by atomic mass is 10.1. The topological polar surface area (TPSA) is 122 Å². The molecule has 4 amide bonds. The first kappa shape index (κ1) is 33.1. The quantitative estimate of drug-likeness (QED) is 0.112. The van der Waals surface area contributed by atoms with Crippen molar-refractivity contribution < 1.29 is 33.1 Å². The number of anilines is 2. The summed E-state index contributed by atoms with van der Waals surface area (Å²) in [4.78, 5) is 65.9. The van der Waals surface area contributed by atoms with Crippen molar-refractivity contribution in [3.63, 3.8) is 0 Å². The first-order chi connectivity index (χ1) is 22.6. The Kier molecular flexibility index (Phi) is 10.5. The van der Waals surface area contributed by atoms with Gasteiger partial charge < -0.3 is 15.4 Å². The zero-order chi connectivity index (χ0) is 33.5. The van der Waals surface area contributed by atoms with E-state index >= 15 is 0 Å². The summed E-state index contributed by atoms with van der Waals surface area (Å²) in [7, 11) is 0. The van der Waals surface area contributed by atoms with Crippen LogP contribution in [0.4, 0.5) is 15.8 Å². The van der Waals surface area contributed by atoms with E-state index in [-0.39, 0.29) is 35.2 Å². The van der Waals surface area contributed by atoms with Gasteiger partial charge in [0.2, 0.25) is 11.8 Å². The molecule has 1 aliphatic rings. The fraction of sp³-hybridized carbons (Fsp3) is 0.114. The number of carbonyl (C=O) groups excluding carboxylic acids is 5. The maximum absolute atomic E-state index is 14.6. The van der Waals surface area contributed by atoms with Crippen LogP contribution in [0.2, 0.25) is 5.02 Å². The molecule has 4 aromatic carbocycles. The summed E-state index contributed by atoms with van der Waals surface area (Å²) in [5, 5.41) is 4.60. The van der Waals surface area contributed by atoms with Crippen molar-refractivity contribution in [1.29, 1.82) is 0 Å². The maximum atomic E-state index is 14.6. The van der Waals surface area contributed by atoms with E-state index in [0.717, 1.165) is 11.0 Å². The Morgan fingerprint density at radius 1 is 0.936 bits per heavy atom. The Labute approximate surface area is 278 Å². The Balaban J connectivity index is 1.27. The van der Waals surface area contributed by atoms with Gasteiger partial charge in [0, 0.05) is 28.1 Å². The van der Waals surface area contributed by atoms with Crippen LogP contribution in [0, 0.1) is 5.82 Å². The number of hydrogen-bond donors (Lipinski definition) is 2. The number of thioether (sulfide) groups is 1. The molecule has 1 heterocycles. The standard InChI is InChI=1S/C35H27ClFN3O6S/c1-2-46-35(45)22-11-15-24(16-12-22)40-31(41)20-30(34(40)44)47-25-17-13-23(14-18-25)38-33(43)29(19-26-27(36)9-6-10-28(26)37)39-32(42)21-7-4-3-5-8-21/h3-19,30H,2,20H2,1H3,(H,38,43)(H,39,42)/b29-19-. The number of imide groups is 1. The van der Waals surface area contributed by atoms with Crippen LogP contribution in [0.15, 0.2) is 108 Å². The van der Waals surface area contributed by atoms with Crippen molar-refractivity contribution in [3.8, 4) is 0 Å². The van der Waals surface area contributed by atoms with Gasteiger partial charge >= 0.3 is 5.97 Å². The Hall–Kier alpha value is -5.26. The van der Waals surface area contributed by atoms with Crippen molar-refractivity contribution in [2.45, 2.75) is 23.5 Å². The number of rotatable bonds is 10. The van der Waals surface area contributed by atoms with Crippen molar-refractivity contribution in [2.75, 3.05) is 16.8 Å². The molecule has 1 atom stereocenters. The summed E-state index contributed by atoms with van der Waals surface area (Å²) >= 11 is 7.37. The van der Waals surface area contributed by atoms with E-state index < -0.39 is 34.8 Å². The summed E-state index contributed by atoms with van der Waals surface area (Å²) in [5.41, 5.74) is 1.00. The maximum Gasteiger partial charge on any atom is 0.338 e. The molecule has 1 saturated heterocycles. The minimum atomic E-state index is -0.727. The molecular weight excluding hydrogens is 645 g/mol. The SMILES string of the molecule is CCOC(=O)c1ccc(N2C(=O)CC(Sc3ccc(NC(=O)/C(=C/c4c(F)cccc4Cl)NC(=O)c4ccccc4)cc3)C2=O)cc1. The number of halogens is 2. The molecule has 0 aliphatic carbocycles. The second kappa shape index (κ2) is 14.9. The van der Waals surface area contributed by atoms with Gasteiger partial charge in [-0.2, -0.15) is 0 Å². The molecular formula is C35H27ClFN3O6S. The summed E-state index contributed by atoms with van der Waals surface area (Å²) in [6.45, 7) is 1.93. The molecule has 5 rings (SSSR count). The predicted molar refractivity (Wildman–Crippen MR) is 178 cm³/mol. The van der Waals surface area contributed by atoms with E-state index in [0.29, 0.717) is 27.4 Å². The molecule has 9 nitrogen and oxygen atoms in total. The van der Waals surface area contributed by atoms with Crippen molar-refractivity contribution >= 4 is 70.4 Å². The third-order valence-corrected chi connectivity index (χ3v) is 8.48. The highest BCUT2D eigenvalue weighted by Crippen LogP contribution is 2.34. The Morgan fingerprint density at radius 3 is 2.30 bits per heavy atom. The molecule has 0 saturated carbocycles. The van der Waals surface area contributed by atoms with E-state index in [4.69, 9.17) is 16.3 Å². The van der Waals surface area contributed by atoms with Crippen LogP contribution in [0.25, 0.3) is 6.08 Å². The highest BCUT2D eigenvalue weighted by molar-refractivity contribution is 8.00. The van der Waals surface area contributed by atoms with Gasteiger partial charge in [-0.3, -0.25) is 19.2 Å². The molecule has 1 aliphatic heterocycles. The van der Waals surface area contributed by atoms with Crippen molar-refractivity contribution in [2.24, 2.45) is 0 Å². The average molecular weight is 672 g/mol. The van der Waals surface area contributed by atoms with E-state index in [1.807, 2.05) is 0 Å². The van der Waals surface area contributed by atoms with Crippen LogP contribution in [0.5, 0.6) is 0 Å². The highest BCUT2D eigenvalue weighted by atomic mass is 35.5. The Morgan fingerprint density at radius 2 is 1.64 bits per heavy atom. The van der Waals surface area contributed by atoms with Gasteiger partial charge in [0.25, 0.3) is 11.8 Å². The number of hydrogen-bond acceptors (Lipinski definition) is 7. The minimum absolute atomic E-state index is 0.0184. The summed E-state index contributed by atoms with van der Waals surface area (Å²) in [6, 6.07) is 24.9. The first-order valence-electron chi connectivity index (χ1n) is 14.4. The van der Waals surface area contributed by atoms with E-state index in [1.54, 1.807) is 61.5 Å². The van der Waals surface area contributed by atoms with Gasteiger partial charge in [-0.05, 0) is 85.8 Å². The van der Waals surface area contributed by atoms with Gasteiger partial charge in [0.15, 0.2) is 0 Å². The van der Waals surface area contributed by atoms with Crippen LogP contribution in [-0.2, 0) is 19.1 Å². The smallest absolute Gasteiger partial charge is 0.338 e. The molecule has 0 radical (unpaired) electrons. The number of benzene rings is 4. The lowest BCUT2D eigenvalue weighted by Crippen LogP contribution is -2.31. The fourth-order valence-electron chi connectivity index (χ4n) is 4.64. The summed E-state index contributed by atoms with van der Waals surface area (Å²) in [5.74, 6) is -3.24. The monoisotopic (exact) mass is 671 g/mol. The molecule has 47 heavy (non-hydrogen) atoms. The van der Waals surface area contributed by atoms with Crippen molar-refractivity contribution in [1.82, 2.24) is 5.32 Å². The van der Waals surface area contributed by atoms with E-state index in [2.05, 4.69) is 10.6 Å². The lowest BCUT2D eigenvalue weighted by Gasteiger charge is -2.15. The number of esters is 1. The van der Waals surface area contributed by atoms with Gasteiger partial charge in [-0.25, -0.2) is 14.1 Å². The second-order valence-electron chi connectivity index (χ2n) is 10.1. The minimum Gasteiger partial charge on any atom is -0.462 e. The van der Waals surface area contributed by atoms with E-state index in [9.17, 15) is 28.4 Å². The largest absolute Gasteiger partial charge is 0.462 e. The van der Waals surface area contributed by atoms with Crippen LogP contribution in [-0.4, -0.2) is 41.5 Å². The van der Waals surface area contributed by atoms with Gasteiger partial charge in [0.1, 0.15) is 11.5 Å². The number of nitrogens with one attached hydrogen (secondary N) is 2. The zero-order valence-corrected chi connectivity index (χ0v) is 26.4. The van der Waals surface area contributed by atoms with Crippen LogP contribution in [0.3, 0.4) is 0 Å². The number of nitrogens with zero attached hydrogens (tertiary/aromatic N) is 1. The molecule has 238 valence electrons. The third kappa shape index (κ3) is 7.94. The molecule has 12 heteroatoms. The van der Waals surface area contributed by atoms with Crippen LogP contribution in [0.1, 0.15) is 39.6 Å². The van der Waals surface area contributed by atoms with Crippen molar-refractivity contribution in [3.05, 3.63) is 130 Å². The first-order valence-corrected chi connectivity index (χ1v) is 15.6. The lowest BCUT2D eigenvalue weighted by molar-refractivity contribution is -0.121. The summed E-state index contributed by atoms with van der Waals surface area (Å²) < 4.78 is 19.5. The predicted octanol–water partition coefficient (Wildman–Crippen LogP) is 6.49. The average Bonchev–Trinajstić information content (AvgIpc) is 3.35. The number of carbonyl (C=O) groups is 5. The van der Waals surface area contributed by atoms with Gasteiger partial charge in [-0.1, -0.05) is 35.9 Å². The summed E-state index contributed by atoms with van der Waals surface area (Å²) in [6.07, 6.45) is 1.15. The molecule has 1 fully saturated rings.